The van der Waals surface area contributed by atoms with Gasteiger partial charge in [0.1, 0.15) is 0 Å². The predicted octanol–water partition coefficient (Wildman–Crippen LogP) is 1.58. The minimum atomic E-state index is 0. The zero-order chi connectivity index (χ0) is 13.1. The van der Waals surface area contributed by atoms with Gasteiger partial charge in [0, 0.05) is 25.1 Å². The second kappa shape index (κ2) is 7.02. The molecular weight excluding hydrogens is 274 g/mol. The highest BCUT2D eigenvalue weighted by Gasteiger charge is 2.19. The van der Waals surface area contributed by atoms with Crippen LogP contribution < -0.4 is 5.32 Å². The molecule has 0 atom stereocenters. The van der Waals surface area contributed by atoms with Gasteiger partial charge in [-0.1, -0.05) is 0 Å². The number of piperidine rings is 1. The fourth-order valence-electron chi connectivity index (χ4n) is 2.82. The first-order valence-corrected chi connectivity index (χ1v) is 7.00. The number of rotatable bonds is 4. The van der Waals surface area contributed by atoms with E-state index in [1.807, 2.05) is 23.7 Å². The van der Waals surface area contributed by atoms with Crippen molar-refractivity contribution >= 4 is 18.2 Å². The number of likely N-dealkylation sites (tertiary alicyclic amines) is 1. The van der Waals surface area contributed by atoms with Crippen molar-refractivity contribution < 1.29 is 0 Å². The van der Waals surface area contributed by atoms with Crippen LogP contribution in [0.2, 0.25) is 0 Å². The van der Waals surface area contributed by atoms with Crippen LogP contribution in [0, 0.1) is 5.92 Å². The number of aromatic nitrogens is 3. The number of fused-ring (bicyclic) bond motifs is 1. The van der Waals surface area contributed by atoms with Crippen LogP contribution in [0.4, 0.5) is 0 Å². The van der Waals surface area contributed by atoms with Crippen molar-refractivity contribution in [2.24, 2.45) is 5.92 Å². The van der Waals surface area contributed by atoms with Gasteiger partial charge in [0.05, 0.1) is 5.69 Å². The summed E-state index contributed by atoms with van der Waals surface area (Å²) >= 11 is 0. The molecule has 0 aromatic carbocycles. The Bertz CT molecular complexity index is 500. The highest BCUT2D eigenvalue weighted by Crippen LogP contribution is 2.18. The molecule has 0 saturated carbocycles. The van der Waals surface area contributed by atoms with Gasteiger partial charge in [0.2, 0.25) is 5.78 Å². The van der Waals surface area contributed by atoms with Crippen LogP contribution >= 0.6 is 12.4 Å². The molecule has 110 valence electrons. The Labute approximate surface area is 125 Å². The molecule has 0 amide bonds. The molecule has 1 fully saturated rings. The van der Waals surface area contributed by atoms with Gasteiger partial charge in [-0.2, -0.15) is 0 Å². The maximum atomic E-state index is 4.56. The molecule has 1 N–H and O–H groups in total. The lowest BCUT2D eigenvalue weighted by Crippen LogP contribution is -2.36. The zero-order valence-electron chi connectivity index (χ0n) is 11.8. The second-order valence-corrected chi connectivity index (χ2v) is 5.34. The lowest BCUT2D eigenvalue weighted by Gasteiger charge is -2.31. The van der Waals surface area contributed by atoms with E-state index >= 15 is 0 Å². The largest absolute Gasteiger partial charge is 0.319 e. The van der Waals surface area contributed by atoms with Gasteiger partial charge in [-0.25, -0.2) is 9.97 Å². The molecule has 0 aliphatic carbocycles. The van der Waals surface area contributed by atoms with Crippen molar-refractivity contribution in [3.63, 3.8) is 0 Å². The van der Waals surface area contributed by atoms with E-state index in [0.717, 1.165) is 30.5 Å². The van der Waals surface area contributed by atoms with Crippen LogP contribution in [0.5, 0.6) is 0 Å². The number of nitrogens with one attached hydrogen (secondary N) is 1. The topological polar surface area (TPSA) is 45.5 Å². The molecule has 3 heterocycles. The Morgan fingerprint density at radius 1 is 1.35 bits per heavy atom. The predicted molar refractivity (Wildman–Crippen MR) is 82.2 cm³/mol. The highest BCUT2D eigenvalue weighted by atomic mass is 35.5. The molecular formula is C14H22ClN5. The molecule has 1 saturated heterocycles. The van der Waals surface area contributed by atoms with Gasteiger partial charge >= 0.3 is 0 Å². The molecule has 1 aliphatic heterocycles. The number of imidazole rings is 1. The summed E-state index contributed by atoms with van der Waals surface area (Å²) < 4.78 is 1.99. The van der Waals surface area contributed by atoms with Crippen LogP contribution in [0.3, 0.4) is 0 Å². The van der Waals surface area contributed by atoms with Crippen LogP contribution in [-0.4, -0.2) is 46.0 Å². The summed E-state index contributed by atoms with van der Waals surface area (Å²) in [5.74, 6) is 1.63. The summed E-state index contributed by atoms with van der Waals surface area (Å²) in [6, 6.07) is 1.93. The Morgan fingerprint density at radius 3 is 2.85 bits per heavy atom. The van der Waals surface area contributed by atoms with E-state index in [1.165, 1.54) is 25.9 Å². The second-order valence-electron chi connectivity index (χ2n) is 5.34. The summed E-state index contributed by atoms with van der Waals surface area (Å²) in [5, 5.41) is 3.28. The van der Waals surface area contributed by atoms with Crippen molar-refractivity contribution in [2.75, 3.05) is 26.7 Å². The van der Waals surface area contributed by atoms with Gasteiger partial charge in [-0.05, 0) is 51.5 Å². The first-order chi connectivity index (χ1) is 9.35. The molecule has 0 unspecified atom stereocenters. The third-order valence-electron chi connectivity index (χ3n) is 3.87. The van der Waals surface area contributed by atoms with Crippen LogP contribution in [-0.2, 0) is 6.54 Å². The standard InChI is InChI=1S/C14H21N5.ClH/c1-15-9-12-3-7-18(8-4-12)10-13-11-19-6-2-5-16-14(19)17-13;/h2,5-6,11-12,15H,3-4,7-10H2,1H3;1H. The molecule has 0 bridgehead atoms. The minimum Gasteiger partial charge on any atom is -0.319 e. The third-order valence-corrected chi connectivity index (χ3v) is 3.87. The number of nitrogens with zero attached hydrogens (tertiary/aromatic N) is 4. The molecule has 0 spiro atoms. The maximum Gasteiger partial charge on any atom is 0.233 e. The van der Waals surface area contributed by atoms with Gasteiger partial charge in [0.15, 0.2) is 0 Å². The van der Waals surface area contributed by atoms with Crippen molar-refractivity contribution in [3.05, 3.63) is 30.4 Å². The number of hydrogen-bond donors (Lipinski definition) is 1. The van der Waals surface area contributed by atoms with Gasteiger partial charge in [-0.15, -0.1) is 12.4 Å². The van der Waals surface area contributed by atoms with Crippen LogP contribution in [0.25, 0.3) is 5.78 Å². The van der Waals surface area contributed by atoms with E-state index in [0.29, 0.717) is 0 Å². The van der Waals surface area contributed by atoms with E-state index in [4.69, 9.17) is 0 Å². The molecule has 1 aliphatic rings. The van der Waals surface area contributed by atoms with E-state index in [9.17, 15) is 0 Å². The molecule has 2 aromatic rings. The van der Waals surface area contributed by atoms with Gasteiger partial charge in [0.25, 0.3) is 0 Å². The molecule has 2 aromatic heterocycles. The Balaban J connectivity index is 0.00000147. The van der Waals surface area contributed by atoms with Crippen molar-refractivity contribution in [2.45, 2.75) is 19.4 Å². The lowest BCUT2D eigenvalue weighted by molar-refractivity contribution is 0.175. The summed E-state index contributed by atoms with van der Waals surface area (Å²) in [6.07, 6.45) is 8.44. The molecule has 3 rings (SSSR count). The first kappa shape index (κ1) is 15.2. The van der Waals surface area contributed by atoms with Gasteiger partial charge < -0.3 is 5.32 Å². The monoisotopic (exact) mass is 295 g/mol. The molecule has 5 nitrogen and oxygen atoms in total. The third kappa shape index (κ3) is 3.48. The highest BCUT2D eigenvalue weighted by molar-refractivity contribution is 5.85. The SMILES string of the molecule is CNCC1CCN(Cc2cn3cccnc3n2)CC1.Cl. The first-order valence-electron chi connectivity index (χ1n) is 7.00. The van der Waals surface area contributed by atoms with E-state index in [1.54, 1.807) is 6.20 Å². The lowest BCUT2D eigenvalue weighted by atomic mass is 9.97. The Hall–Kier alpha value is -1.17. The quantitative estimate of drug-likeness (QED) is 0.930. The molecule has 20 heavy (non-hydrogen) atoms. The van der Waals surface area contributed by atoms with E-state index in [2.05, 4.69) is 26.4 Å². The average Bonchev–Trinajstić information content (AvgIpc) is 2.83. The number of halogens is 1. The maximum absolute atomic E-state index is 4.56. The van der Waals surface area contributed by atoms with E-state index in [-0.39, 0.29) is 12.4 Å². The average molecular weight is 296 g/mol. The van der Waals surface area contributed by atoms with Crippen LogP contribution in [0.15, 0.2) is 24.7 Å². The zero-order valence-corrected chi connectivity index (χ0v) is 12.6. The fraction of sp³-hybridized carbons (Fsp3) is 0.571. The Kier molecular flexibility index (Phi) is 5.34. The molecule has 6 heteroatoms. The smallest absolute Gasteiger partial charge is 0.233 e. The normalized spacial score (nSPS) is 17.2. The summed E-state index contributed by atoms with van der Waals surface area (Å²) in [6.45, 7) is 4.43. The summed E-state index contributed by atoms with van der Waals surface area (Å²) in [7, 11) is 2.04. The fourth-order valence-corrected chi connectivity index (χ4v) is 2.82. The molecule has 0 radical (unpaired) electrons. The van der Waals surface area contributed by atoms with Crippen molar-refractivity contribution in [1.29, 1.82) is 0 Å². The summed E-state index contributed by atoms with van der Waals surface area (Å²) in [5.41, 5.74) is 1.12. The van der Waals surface area contributed by atoms with Crippen LogP contribution in [0.1, 0.15) is 18.5 Å². The Morgan fingerprint density at radius 2 is 2.15 bits per heavy atom. The summed E-state index contributed by atoms with van der Waals surface area (Å²) in [4.78, 5) is 11.3. The van der Waals surface area contributed by atoms with Crippen molar-refractivity contribution in [3.8, 4) is 0 Å². The number of hydrogen-bond acceptors (Lipinski definition) is 4. The van der Waals surface area contributed by atoms with E-state index < -0.39 is 0 Å². The minimum absolute atomic E-state index is 0. The van der Waals surface area contributed by atoms with Gasteiger partial charge in [-0.3, -0.25) is 9.30 Å². The van der Waals surface area contributed by atoms with Crippen molar-refractivity contribution in [1.82, 2.24) is 24.6 Å².